The molecule has 1 amide bonds. The van der Waals surface area contributed by atoms with Gasteiger partial charge < -0.3 is 5.32 Å². The monoisotopic (exact) mass is 447 g/mol. The van der Waals surface area contributed by atoms with Crippen LogP contribution >= 0.6 is 11.3 Å². The number of amides is 1. The summed E-state index contributed by atoms with van der Waals surface area (Å²) >= 11 is 1.35. The maximum atomic E-state index is 13.1. The van der Waals surface area contributed by atoms with Gasteiger partial charge in [-0.05, 0) is 55.5 Å². The summed E-state index contributed by atoms with van der Waals surface area (Å²) in [5, 5.41) is 12.6. The Bertz CT molecular complexity index is 1040. The highest BCUT2D eigenvalue weighted by Crippen LogP contribution is 2.32. The number of rotatable bonds is 8. The number of hydrogen-bond donors (Lipinski definition) is 1. The van der Waals surface area contributed by atoms with Crippen molar-refractivity contribution in [3.8, 4) is 6.07 Å². The first-order valence-corrected chi connectivity index (χ1v) is 12.1. The van der Waals surface area contributed by atoms with Gasteiger partial charge in [0.25, 0.3) is 5.91 Å². The first-order valence-electron chi connectivity index (χ1n) is 9.89. The topological polar surface area (TPSA) is 90.3 Å². The van der Waals surface area contributed by atoms with Crippen LogP contribution in [0.25, 0.3) is 0 Å². The minimum absolute atomic E-state index is 0.167. The Kier molecular flexibility index (Phi) is 7.81. The van der Waals surface area contributed by atoms with Crippen LogP contribution in [0.15, 0.2) is 29.2 Å². The third-order valence-corrected chi connectivity index (χ3v) is 7.58. The summed E-state index contributed by atoms with van der Waals surface area (Å²) < 4.78 is 27.7. The smallest absolute Gasteiger partial charge is 0.256 e. The summed E-state index contributed by atoms with van der Waals surface area (Å²) in [4.78, 5) is 13.8. The van der Waals surface area contributed by atoms with E-state index in [1.54, 1.807) is 0 Å². The molecule has 1 aromatic heterocycles. The molecule has 2 rings (SSSR count). The molecule has 0 bridgehead atoms. The van der Waals surface area contributed by atoms with Gasteiger partial charge in [0.2, 0.25) is 10.0 Å². The van der Waals surface area contributed by atoms with Gasteiger partial charge in [-0.2, -0.15) is 9.57 Å². The SMILES string of the molecule is Cc1sc(NC(=O)c2ccc(S(=O)(=O)N(CC(C)C)CC(C)C)cc2)c(C#N)c1C. The molecule has 0 saturated heterocycles. The molecule has 0 aliphatic rings. The molecule has 30 heavy (non-hydrogen) atoms. The van der Waals surface area contributed by atoms with Crippen molar-refractivity contribution >= 4 is 32.3 Å². The molecular formula is C22H29N3O3S2. The Morgan fingerprint density at radius 1 is 1.10 bits per heavy atom. The van der Waals surface area contributed by atoms with Crippen LogP contribution in [0.2, 0.25) is 0 Å². The Hall–Kier alpha value is -2.21. The second-order valence-corrected chi connectivity index (χ2v) is 11.4. The van der Waals surface area contributed by atoms with Crippen molar-refractivity contribution in [1.29, 1.82) is 5.26 Å². The van der Waals surface area contributed by atoms with Crippen molar-refractivity contribution in [2.45, 2.75) is 46.4 Å². The van der Waals surface area contributed by atoms with E-state index in [1.165, 1.54) is 39.9 Å². The van der Waals surface area contributed by atoms with Gasteiger partial charge in [0.1, 0.15) is 11.1 Å². The van der Waals surface area contributed by atoms with E-state index >= 15 is 0 Å². The van der Waals surface area contributed by atoms with Crippen molar-refractivity contribution < 1.29 is 13.2 Å². The summed E-state index contributed by atoms with van der Waals surface area (Å²) in [7, 11) is -3.64. The van der Waals surface area contributed by atoms with Gasteiger partial charge in [0, 0.05) is 23.5 Å². The fourth-order valence-electron chi connectivity index (χ4n) is 3.04. The number of aryl methyl sites for hydroxylation is 1. The molecule has 1 heterocycles. The number of hydrogen-bond acceptors (Lipinski definition) is 5. The van der Waals surface area contributed by atoms with E-state index < -0.39 is 10.0 Å². The van der Waals surface area contributed by atoms with Gasteiger partial charge in [-0.3, -0.25) is 4.79 Å². The molecule has 0 spiro atoms. The molecular weight excluding hydrogens is 418 g/mol. The van der Waals surface area contributed by atoms with Gasteiger partial charge in [-0.25, -0.2) is 8.42 Å². The van der Waals surface area contributed by atoms with Crippen molar-refractivity contribution in [1.82, 2.24) is 4.31 Å². The van der Waals surface area contributed by atoms with Crippen LogP contribution in [0.1, 0.15) is 54.1 Å². The van der Waals surface area contributed by atoms with E-state index in [0.29, 0.717) is 29.2 Å². The summed E-state index contributed by atoms with van der Waals surface area (Å²) in [6, 6.07) is 8.07. The molecule has 0 radical (unpaired) electrons. The van der Waals surface area contributed by atoms with E-state index in [4.69, 9.17) is 0 Å². The molecule has 0 aliphatic heterocycles. The van der Waals surface area contributed by atoms with Crippen LogP contribution < -0.4 is 5.32 Å². The van der Waals surface area contributed by atoms with Gasteiger partial charge in [0.05, 0.1) is 10.5 Å². The Balaban J connectivity index is 2.25. The predicted octanol–water partition coefficient (Wildman–Crippen LogP) is 4.79. The Morgan fingerprint density at radius 2 is 1.63 bits per heavy atom. The largest absolute Gasteiger partial charge is 0.312 e. The van der Waals surface area contributed by atoms with Crippen molar-refractivity contribution in [3.05, 3.63) is 45.8 Å². The highest BCUT2D eigenvalue weighted by molar-refractivity contribution is 7.89. The Labute approximate surface area is 183 Å². The molecule has 2 aromatic rings. The van der Waals surface area contributed by atoms with E-state index in [-0.39, 0.29) is 22.6 Å². The summed E-state index contributed by atoms with van der Waals surface area (Å²) in [5.74, 6) is 0.0316. The highest BCUT2D eigenvalue weighted by Gasteiger charge is 2.26. The fraction of sp³-hybridized carbons (Fsp3) is 0.455. The normalized spacial score (nSPS) is 11.9. The first-order chi connectivity index (χ1) is 14.0. The Morgan fingerprint density at radius 3 is 2.10 bits per heavy atom. The van der Waals surface area contributed by atoms with E-state index in [9.17, 15) is 18.5 Å². The number of nitrogens with one attached hydrogen (secondary N) is 1. The molecule has 162 valence electrons. The minimum Gasteiger partial charge on any atom is -0.312 e. The average molecular weight is 448 g/mol. The van der Waals surface area contributed by atoms with E-state index in [2.05, 4.69) is 11.4 Å². The first kappa shape index (κ1) is 24.1. The lowest BCUT2D eigenvalue weighted by molar-refractivity contribution is 0.102. The molecule has 0 unspecified atom stereocenters. The van der Waals surface area contributed by atoms with Crippen LogP contribution in [0, 0.1) is 37.0 Å². The van der Waals surface area contributed by atoms with Crippen LogP contribution in [0.4, 0.5) is 5.00 Å². The zero-order chi connectivity index (χ0) is 22.6. The maximum Gasteiger partial charge on any atom is 0.256 e. The molecule has 6 nitrogen and oxygen atoms in total. The van der Waals surface area contributed by atoms with Gasteiger partial charge in [-0.1, -0.05) is 27.7 Å². The second kappa shape index (κ2) is 9.73. The third-order valence-electron chi connectivity index (χ3n) is 4.62. The van der Waals surface area contributed by atoms with Gasteiger partial charge in [-0.15, -0.1) is 11.3 Å². The minimum atomic E-state index is -3.64. The van der Waals surface area contributed by atoms with E-state index in [1.807, 2.05) is 41.5 Å². The standard InChI is InChI=1S/C22H29N3O3S2/c1-14(2)12-25(13-15(3)4)30(27,28)19-9-7-18(8-10-19)21(26)24-22-20(11-23)16(5)17(6)29-22/h7-10,14-15H,12-13H2,1-6H3,(H,24,26). The molecule has 0 atom stereocenters. The zero-order valence-corrected chi connectivity index (χ0v) is 19.9. The van der Waals surface area contributed by atoms with Crippen molar-refractivity contribution in [2.24, 2.45) is 11.8 Å². The zero-order valence-electron chi connectivity index (χ0n) is 18.3. The average Bonchev–Trinajstić information content (AvgIpc) is 2.93. The number of carbonyl (C=O) groups excluding carboxylic acids is 1. The molecule has 0 aliphatic carbocycles. The lowest BCUT2D eigenvalue weighted by Crippen LogP contribution is -2.37. The van der Waals surface area contributed by atoms with E-state index in [0.717, 1.165) is 10.4 Å². The molecule has 0 saturated carbocycles. The van der Waals surface area contributed by atoms with Crippen LogP contribution in [-0.2, 0) is 10.0 Å². The predicted molar refractivity (Wildman–Crippen MR) is 121 cm³/mol. The molecule has 1 aromatic carbocycles. The van der Waals surface area contributed by atoms with Crippen LogP contribution in [0.3, 0.4) is 0 Å². The molecule has 0 fully saturated rings. The maximum absolute atomic E-state index is 13.1. The summed E-state index contributed by atoms with van der Waals surface area (Å²) in [6.07, 6.45) is 0. The summed E-state index contributed by atoms with van der Waals surface area (Å²) in [5.41, 5.74) is 1.65. The second-order valence-electron chi connectivity index (χ2n) is 8.19. The van der Waals surface area contributed by atoms with Gasteiger partial charge >= 0.3 is 0 Å². The molecule has 1 N–H and O–H groups in total. The number of benzene rings is 1. The number of nitrogens with zero attached hydrogens (tertiary/aromatic N) is 2. The lowest BCUT2D eigenvalue weighted by atomic mass is 10.2. The quantitative estimate of drug-likeness (QED) is 0.630. The number of carbonyl (C=O) groups is 1. The van der Waals surface area contributed by atoms with Crippen molar-refractivity contribution in [3.63, 3.8) is 0 Å². The number of nitriles is 1. The highest BCUT2D eigenvalue weighted by atomic mass is 32.2. The number of sulfonamides is 1. The van der Waals surface area contributed by atoms with Gasteiger partial charge in [0.15, 0.2) is 0 Å². The number of anilines is 1. The fourth-order valence-corrected chi connectivity index (χ4v) is 5.81. The molecule has 8 heteroatoms. The van der Waals surface area contributed by atoms with Crippen LogP contribution in [0.5, 0.6) is 0 Å². The van der Waals surface area contributed by atoms with Crippen molar-refractivity contribution in [2.75, 3.05) is 18.4 Å². The summed E-state index contributed by atoms with van der Waals surface area (Å²) in [6.45, 7) is 12.6. The number of thiophene rings is 1. The lowest BCUT2D eigenvalue weighted by Gasteiger charge is -2.25. The third kappa shape index (κ3) is 5.48. The van der Waals surface area contributed by atoms with Crippen LogP contribution in [-0.4, -0.2) is 31.7 Å².